The molecule has 1 aromatic rings. The average molecular weight is 655 g/mol. The van der Waals surface area contributed by atoms with Gasteiger partial charge in [-0.1, -0.05) is 0 Å². The predicted molar refractivity (Wildman–Crippen MR) is 115 cm³/mol. The van der Waals surface area contributed by atoms with E-state index in [9.17, 15) is 10.0 Å². The number of ether oxygens (including phenoxy) is 1. The van der Waals surface area contributed by atoms with Crippen molar-refractivity contribution >= 4 is 73.7 Å². The van der Waals surface area contributed by atoms with Crippen LogP contribution in [0.15, 0.2) is 12.1 Å². The largest absolute Gasteiger partial charge is 0.459 e. The molecule has 1 aliphatic heterocycles. The van der Waals surface area contributed by atoms with E-state index in [1.54, 1.807) is 0 Å². The predicted octanol–water partition coefficient (Wildman–Crippen LogP) is 5.07. The summed E-state index contributed by atoms with van der Waals surface area (Å²) in [4.78, 5) is 12.6. The molecule has 0 aliphatic carbocycles. The Morgan fingerprint density at radius 3 is 2.22 bits per heavy atom. The van der Waals surface area contributed by atoms with Crippen LogP contribution in [0.4, 0.5) is 0 Å². The molecule has 0 amide bonds. The number of carbonyl (C=O) groups excluding carboxylic acids is 1. The minimum Gasteiger partial charge on any atom is -0.459 e. The van der Waals surface area contributed by atoms with E-state index in [2.05, 4.69) is 67.8 Å². The van der Waals surface area contributed by atoms with Crippen molar-refractivity contribution in [2.24, 2.45) is 0 Å². The fourth-order valence-corrected chi connectivity index (χ4v) is 5.56. The lowest BCUT2D eigenvalue weighted by molar-refractivity contribution is -0.256. The van der Waals surface area contributed by atoms with Crippen LogP contribution in [-0.2, 0) is 4.74 Å². The van der Waals surface area contributed by atoms with E-state index in [0.717, 1.165) is 10.7 Å². The normalized spacial score (nSPS) is 21.2. The van der Waals surface area contributed by atoms with Gasteiger partial charge in [-0.25, -0.2) is 4.79 Å². The van der Waals surface area contributed by atoms with Gasteiger partial charge >= 0.3 is 5.97 Å². The molecule has 0 spiro atoms. The summed E-state index contributed by atoms with van der Waals surface area (Å²) in [6, 6.07) is 3.90. The Morgan fingerprint density at radius 2 is 1.70 bits per heavy atom. The van der Waals surface area contributed by atoms with Crippen molar-refractivity contribution in [3.8, 4) is 0 Å². The first-order valence-electron chi connectivity index (χ1n) is 7.29. The lowest BCUT2D eigenvalue weighted by atomic mass is 9.80. The van der Waals surface area contributed by atoms with Gasteiger partial charge in [-0.15, -0.1) is 0 Å². The van der Waals surface area contributed by atoms with E-state index in [0.29, 0.717) is 18.4 Å². The summed E-state index contributed by atoms with van der Waals surface area (Å²) in [6.07, 6.45) is 1.01. The number of hydrogen-bond acceptors (Lipinski definition) is 4. The van der Waals surface area contributed by atoms with Gasteiger partial charge in [0, 0.05) is 34.6 Å². The zero-order chi connectivity index (χ0) is 17.6. The molecule has 1 saturated heterocycles. The molecule has 0 atom stereocenters. The second-order valence-electron chi connectivity index (χ2n) is 7.12. The highest BCUT2D eigenvalue weighted by atomic mass is 127. The second-order valence-corrected chi connectivity index (χ2v) is 10.6. The summed E-state index contributed by atoms with van der Waals surface area (Å²) in [5.74, 6) is -0.283. The van der Waals surface area contributed by atoms with Crippen molar-refractivity contribution in [1.82, 2.24) is 5.06 Å². The molecule has 7 heteroatoms. The molecule has 23 heavy (non-hydrogen) atoms. The highest BCUT2D eigenvalue weighted by molar-refractivity contribution is 14.1. The van der Waals surface area contributed by atoms with Crippen LogP contribution in [0, 0.1) is 10.7 Å². The maximum atomic E-state index is 12.6. The quantitative estimate of drug-likeness (QED) is 0.275. The number of hydrogen-bond donors (Lipinski definition) is 1. The third-order valence-electron chi connectivity index (χ3n) is 4.09. The topological polar surface area (TPSA) is 49.8 Å². The molecule has 1 fully saturated rings. The van der Waals surface area contributed by atoms with E-state index in [-0.39, 0.29) is 12.1 Å². The van der Waals surface area contributed by atoms with E-state index in [4.69, 9.17) is 4.74 Å². The fraction of sp³-hybridized carbons (Fsp3) is 0.562. The number of piperidine rings is 1. The molecule has 0 radical (unpaired) electrons. The molecule has 128 valence electrons. The first-order chi connectivity index (χ1) is 10.4. The van der Waals surface area contributed by atoms with Gasteiger partial charge in [0.05, 0.1) is 5.56 Å². The van der Waals surface area contributed by atoms with Gasteiger partial charge in [-0.05, 0) is 108 Å². The van der Waals surface area contributed by atoms with Crippen LogP contribution in [0.2, 0.25) is 0 Å². The van der Waals surface area contributed by atoms with E-state index < -0.39 is 11.1 Å². The molecule has 0 saturated carbocycles. The summed E-state index contributed by atoms with van der Waals surface area (Å²) in [5.41, 5.74) is -0.248. The van der Waals surface area contributed by atoms with Crippen LogP contribution in [0.1, 0.15) is 50.9 Å². The van der Waals surface area contributed by atoms with Crippen molar-refractivity contribution in [2.75, 3.05) is 0 Å². The Kier molecular flexibility index (Phi) is 6.30. The van der Waals surface area contributed by atoms with Gasteiger partial charge in [0.25, 0.3) is 0 Å². The molecule has 0 aromatic heterocycles. The third kappa shape index (κ3) is 4.50. The average Bonchev–Trinajstić information content (AvgIpc) is 2.39. The van der Waals surface area contributed by atoms with Gasteiger partial charge < -0.3 is 9.94 Å². The smallest absolute Gasteiger partial charge is 0.339 e. The lowest BCUT2D eigenvalue weighted by Crippen LogP contribution is -2.60. The molecule has 1 aromatic carbocycles. The summed E-state index contributed by atoms with van der Waals surface area (Å²) in [5, 5.41) is 11.7. The Labute approximate surface area is 178 Å². The Balaban J connectivity index is 2.21. The summed E-state index contributed by atoms with van der Waals surface area (Å²) in [7, 11) is 0. The fourth-order valence-electron chi connectivity index (χ4n) is 3.18. The van der Waals surface area contributed by atoms with Gasteiger partial charge in [0.1, 0.15) is 6.10 Å². The lowest BCUT2D eigenvalue weighted by Gasteiger charge is -2.50. The van der Waals surface area contributed by atoms with Gasteiger partial charge in [-0.2, -0.15) is 5.06 Å². The van der Waals surface area contributed by atoms with Crippen molar-refractivity contribution in [1.29, 1.82) is 0 Å². The van der Waals surface area contributed by atoms with Crippen LogP contribution in [0.25, 0.3) is 0 Å². The van der Waals surface area contributed by atoms with Crippen LogP contribution in [0.5, 0.6) is 0 Å². The highest BCUT2D eigenvalue weighted by Gasteiger charge is 2.46. The Morgan fingerprint density at radius 1 is 1.17 bits per heavy atom. The first-order valence-corrected chi connectivity index (χ1v) is 10.5. The van der Waals surface area contributed by atoms with Gasteiger partial charge in [0.15, 0.2) is 0 Å². The molecular formula is C16H20I3NO3. The number of nitrogens with zero attached hydrogens (tertiary/aromatic N) is 1. The summed E-state index contributed by atoms with van der Waals surface area (Å²) in [6.45, 7) is 7.86. The molecule has 1 heterocycles. The molecule has 2 rings (SSSR count). The third-order valence-corrected chi connectivity index (χ3v) is 7.76. The minimum atomic E-state index is -0.431. The maximum Gasteiger partial charge on any atom is 0.339 e. The number of hydroxylamine groups is 2. The first kappa shape index (κ1) is 20.1. The number of halogens is 3. The van der Waals surface area contributed by atoms with Crippen LogP contribution in [-0.4, -0.2) is 33.4 Å². The summed E-state index contributed by atoms with van der Waals surface area (Å²) < 4.78 is 8.79. The number of benzene rings is 1. The zero-order valence-corrected chi connectivity index (χ0v) is 20.0. The van der Waals surface area contributed by atoms with Crippen molar-refractivity contribution in [3.05, 3.63) is 28.4 Å². The SMILES string of the molecule is CC1(C)CC(OC(=O)c2cc(I)cc(I)c2I)CC(C)(C)N1O. The van der Waals surface area contributed by atoms with Crippen molar-refractivity contribution in [2.45, 2.75) is 57.7 Å². The highest BCUT2D eigenvalue weighted by Crippen LogP contribution is 2.38. The number of esters is 1. The second kappa shape index (κ2) is 7.20. The van der Waals surface area contributed by atoms with E-state index >= 15 is 0 Å². The minimum absolute atomic E-state index is 0.206. The Bertz CT molecular complexity index is 613. The van der Waals surface area contributed by atoms with Gasteiger partial charge in [0.2, 0.25) is 0 Å². The molecule has 0 unspecified atom stereocenters. The molecule has 0 bridgehead atoms. The molecule has 1 N–H and O–H groups in total. The molecule has 1 aliphatic rings. The molecular weight excluding hydrogens is 635 g/mol. The maximum absolute atomic E-state index is 12.6. The van der Waals surface area contributed by atoms with E-state index in [1.807, 2.05) is 39.8 Å². The Hall–Kier alpha value is 0.800. The monoisotopic (exact) mass is 655 g/mol. The number of rotatable bonds is 2. The zero-order valence-electron chi connectivity index (χ0n) is 13.5. The van der Waals surface area contributed by atoms with Crippen molar-refractivity contribution < 1.29 is 14.7 Å². The molecule has 4 nitrogen and oxygen atoms in total. The van der Waals surface area contributed by atoms with Crippen LogP contribution < -0.4 is 0 Å². The van der Waals surface area contributed by atoms with Gasteiger partial charge in [-0.3, -0.25) is 0 Å². The van der Waals surface area contributed by atoms with Crippen molar-refractivity contribution in [3.63, 3.8) is 0 Å². The van der Waals surface area contributed by atoms with E-state index in [1.165, 1.54) is 5.06 Å². The number of carbonyl (C=O) groups is 1. The van der Waals surface area contributed by atoms with Crippen LogP contribution in [0.3, 0.4) is 0 Å². The standard InChI is InChI=1S/C16H20I3NO3/c1-15(2)7-10(8-16(3,4)20(15)22)23-14(21)11-5-9(17)6-12(18)13(11)19/h5-6,10,22H,7-8H2,1-4H3. The summed E-state index contributed by atoms with van der Waals surface area (Å²) >= 11 is 6.63. The van der Waals surface area contributed by atoms with Crippen LogP contribution >= 0.6 is 67.8 Å².